The fourth-order valence-corrected chi connectivity index (χ4v) is 3.21. The third-order valence-corrected chi connectivity index (χ3v) is 5.10. The van der Waals surface area contributed by atoms with Crippen molar-refractivity contribution in [1.82, 2.24) is 10.6 Å². The van der Waals surface area contributed by atoms with E-state index in [1.54, 1.807) is 26.8 Å². The molecule has 3 N–H and O–H groups in total. The minimum absolute atomic E-state index is 0.0900. The molecule has 0 unspecified atom stereocenters. The first-order chi connectivity index (χ1) is 16.8. The summed E-state index contributed by atoms with van der Waals surface area (Å²) in [4.78, 5) is 36.2. The van der Waals surface area contributed by atoms with Gasteiger partial charge < -0.3 is 25.4 Å². The normalized spacial score (nSPS) is 11.4. The second-order valence-corrected chi connectivity index (χ2v) is 10.6. The quantitative estimate of drug-likeness (QED) is 0.404. The summed E-state index contributed by atoms with van der Waals surface area (Å²) in [6.45, 7) is 12.2. The zero-order valence-corrected chi connectivity index (χ0v) is 22.2. The van der Waals surface area contributed by atoms with Crippen LogP contribution in [0, 0.1) is 0 Å². The molecule has 2 rings (SSSR count). The second kappa shape index (κ2) is 13.0. The van der Waals surface area contributed by atoms with E-state index in [1.807, 2.05) is 30.3 Å². The summed E-state index contributed by atoms with van der Waals surface area (Å²) in [7, 11) is 0. The van der Waals surface area contributed by atoms with Crippen LogP contribution in [0.25, 0.3) is 0 Å². The van der Waals surface area contributed by atoms with E-state index in [4.69, 9.17) is 9.47 Å². The highest BCUT2D eigenvalue weighted by Gasteiger charge is 2.17. The molecule has 2 aromatic carbocycles. The van der Waals surface area contributed by atoms with Crippen molar-refractivity contribution in [2.75, 3.05) is 18.5 Å². The van der Waals surface area contributed by atoms with Gasteiger partial charge in [-0.2, -0.15) is 0 Å². The number of anilines is 1. The molecule has 8 nitrogen and oxygen atoms in total. The van der Waals surface area contributed by atoms with Crippen LogP contribution in [-0.4, -0.2) is 36.7 Å². The van der Waals surface area contributed by atoms with Gasteiger partial charge in [0.05, 0.1) is 6.61 Å². The highest BCUT2D eigenvalue weighted by Crippen LogP contribution is 2.24. The molecule has 0 saturated carbocycles. The molecule has 0 aliphatic heterocycles. The molecule has 0 atom stereocenters. The average Bonchev–Trinajstić information content (AvgIpc) is 2.78. The number of carbonyl (C=O) groups is 3. The summed E-state index contributed by atoms with van der Waals surface area (Å²) in [6, 6.07) is 15.3. The number of alkyl carbamates (subject to hydrolysis) is 1. The maximum atomic E-state index is 12.4. The van der Waals surface area contributed by atoms with E-state index in [0.717, 1.165) is 11.3 Å². The number of ether oxygens (including phenoxy) is 2. The molecule has 2 aromatic rings. The van der Waals surface area contributed by atoms with Gasteiger partial charge in [0.1, 0.15) is 17.9 Å². The predicted molar refractivity (Wildman–Crippen MR) is 141 cm³/mol. The van der Waals surface area contributed by atoms with Crippen molar-refractivity contribution in [2.24, 2.45) is 0 Å². The predicted octanol–water partition coefficient (Wildman–Crippen LogP) is 4.92. The van der Waals surface area contributed by atoms with Gasteiger partial charge >= 0.3 is 6.09 Å². The maximum absolute atomic E-state index is 12.4. The molecule has 0 bridgehead atoms. The summed E-state index contributed by atoms with van der Waals surface area (Å²) >= 11 is 0. The van der Waals surface area contributed by atoms with Crippen LogP contribution >= 0.6 is 0 Å². The van der Waals surface area contributed by atoms with Gasteiger partial charge in [0.25, 0.3) is 0 Å². The van der Waals surface area contributed by atoms with Crippen LogP contribution in [0.3, 0.4) is 0 Å². The average molecular weight is 498 g/mol. The molecule has 0 aliphatic carbocycles. The molecule has 0 fully saturated rings. The molecule has 0 radical (unpaired) electrons. The van der Waals surface area contributed by atoms with E-state index in [-0.39, 0.29) is 30.3 Å². The van der Waals surface area contributed by atoms with Crippen LogP contribution in [-0.2, 0) is 26.3 Å². The van der Waals surface area contributed by atoms with Crippen LogP contribution in [0.5, 0.6) is 5.75 Å². The number of hydrogen-bond donors (Lipinski definition) is 3. The van der Waals surface area contributed by atoms with E-state index >= 15 is 0 Å². The lowest BCUT2D eigenvalue weighted by Crippen LogP contribution is -2.39. The van der Waals surface area contributed by atoms with Gasteiger partial charge in [0.15, 0.2) is 0 Å². The molecule has 0 spiro atoms. The Morgan fingerprint density at radius 1 is 0.833 bits per heavy atom. The molecule has 0 saturated heterocycles. The van der Waals surface area contributed by atoms with Gasteiger partial charge in [-0.25, -0.2) is 4.79 Å². The van der Waals surface area contributed by atoms with Gasteiger partial charge in [0.2, 0.25) is 11.8 Å². The highest BCUT2D eigenvalue weighted by molar-refractivity contribution is 5.91. The lowest BCUT2D eigenvalue weighted by molar-refractivity contribution is -0.120. The van der Waals surface area contributed by atoms with Gasteiger partial charge in [0, 0.05) is 18.7 Å². The van der Waals surface area contributed by atoms with Crippen molar-refractivity contribution in [1.29, 1.82) is 0 Å². The second-order valence-electron chi connectivity index (χ2n) is 10.6. The van der Waals surface area contributed by atoms with Crippen LogP contribution in [0.1, 0.15) is 65.5 Å². The molecular formula is C28H39N3O5. The molecule has 8 heteroatoms. The van der Waals surface area contributed by atoms with Crippen LogP contribution in [0.15, 0.2) is 48.5 Å². The monoisotopic (exact) mass is 497 g/mol. The van der Waals surface area contributed by atoms with Crippen molar-refractivity contribution in [3.8, 4) is 5.75 Å². The Labute approximate surface area is 214 Å². The topological polar surface area (TPSA) is 106 Å². The first-order valence-electron chi connectivity index (χ1n) is 12.2. The lowest BCUT2D eigenvalue weighted by atomic mass is 9.87. The third-order valence-electron chi connectivity index (χ3n) is 5.10. The van der Waals surface area contributed by atoms with E-state index in [2.05, 4.69) is 48.9 Å². The van der Waals surface area contributed by atoms with Crippen molar-refractivity contribution < 1.29 is 23.9 Å². The first-order valence-corrected chi connectivity index (χ1v) is 12.2. The van der Waals surface area contributed by atoms with E-state index in [1.165, 1.54) is 5.56 Å². The Morgan fingerprint density at radius 3 is 2.14 bits per heavy atom. The summed E-state index contributed by atoms with van der Waals surface area (Å²) < 4.78 is 10.9. The maximum Gasteiger partial charge on any atom is 0.408 e. The van der Waals surface area contributed by atoms with E-state index in [9.17, 15) is 14.4 Å². The fourth-order valence-electron chi connectivity index (χ4n) is 3.21. The van der Waals surface area contributed by atoms with Crippen molar-refractivity contribution >= 4 is 23.6 Å². The Kier molecular flexibility index (Phi) is 10.3. The van der Waals surface area contributed by atoms with Crippen molar-refractivity contribution in [3.05, 3.63) is 59.7 Å². The van der Waals surface area contributed by atoms with Gasteiger partial charge in [-0.1, -0.05) is 51.1 Å². The highest BCUT2D eigenvalue weighted by atomic mass is 16.6. The van der Waals surface area contributed by atoms with Crippen molar-refractivity contribution in [2.45, 2.75) is 71.9 Å². The Morgan fingerprint density at radius 2 is 1.50 bits per heavy atom. The largest absolute Gasteiger partial charge is 0.494 e. The number of amides is 3. The van der Waals surface area contributed by atoms with Crippen LogP contribution in [0.2, 0.25) is 0 Å². The fraction of sp³-hybridized carbons (Fsp3) is 0.464. The Bertz CT molecular complexity index is 1020. The first kappa shape index (κ1) is 28.7. The standard InChI is InChI=1S/C28H39N3O5/c1-27(2,3)21-13-15-22(16-14-21)35-17-9-12-24(32)31-23-11-8-7-10-20(23)18-29-25(33)19-30-26(34)36-28(4,5)6/h7-8,10-11,13-16H,9,12,17-19H2,1-6H3,(H,29,33)(H,30,34)(H,31,32). The molecule has 0 aliphatic rings. The number of hydrogen-bond acceptors (Lipinski definition) is 5. The number of benzene rings is 2. The lowest BCUT2D eigenvalue weighted by Gasteiger charge is -2.19. The van der Waals surface area contributed by atoms with Crippen LogP contribution < -0.4 is 20.7 Å². The Balaban J connectivity index is 1.74. The third kappa shape index (κ3) is 10.8. The summed E-state index contributed by atoms with van der Waals surface area (Å²) in [6.07, 6.45) is 0.221. The minimum atomic E-state index is -0.656. The van der Waals surface area contributed by atoms with Crippen molar-refractivity contribution in [3.63, 3.8) is 0 Å². The zero-order valence-electron chi connectivity index (χ0n) is 22.2. The summed E-state index contributed by atoms with van der Waals surface area (Å²) in [5.74, 6) is 0.285. The van der Waals surface area contributed by atoms with Crippen LogP contribution in [0.4, 0.5) is 10.5 Å². The van der Waals surface area contributed by atoms with E-state index in [0.29, 0.717) is 25.1 Å². The molecule has 0 heterocycles. The number of carbonyl (C=O) groups excluding carboxylic acids is 3. The Hall–Kier alpha value is -3.55. The minimum Gasteiger partial charge on any atom is -0.494 e. The van der Waals surface area contributed by atoms with Gasteiger partial charge in [-0.3, -0.25) is 9.59 Å². The summed E-state index contributed by atoms with van der Waals surface area (Å²) in [5, 5.41) is 8.05. The molecule has 3 amide bonds. The smallest absolute Gasteiger partial charge is 0.408 e. The van der Waals surface area contributed by atoms with Gasteiger partial charge in [-0.05, 0) is 61.9 Å². The molecule has 196 valence electrons. The molecular weight excluding hydrogens is 458 g/mol. The van der Waals surface area contributed by atoms with Gasteiger partial charge in [-0.15, -0.1) is 0 Å². The SMILES string of the molecule is CC(C)(C)OC(=O)NCC(=O)NCc1ccccc1NC(=O)CCCOc1ccc(C(C)(C)C)cc1. The van der Waals surface area contributed by atoms with E-state index < -0.39 is 11.7 Å². The molecule has 36 heavy (non-hydrogen) atoms. The number of nitrogens with one attached hydrogen (secondary N) is 3. The molecule has 0 aromatic heterocycles. The summed E-state index contributed by atoms with van der Waals surface area (Å²) in [5.41, 5.74) is 2.07. The zero-order chi connectivity index (χ0) is 26.8. The number of para-hydroxylation sites is 1. The number of rotatable bonds is 10.